The number of carbonyl (C=O) groups excluding carboxylic acids is 1. The minimum atomic E-state index is -0.357. The Balaban J connectivity index is 1.94. The first-order valence-corrected chi connectivity index (χ1v) is 6.67. The lowest BCUT2D eigenvalue weighted by molar-refractivity contribution is -0.115. The number of methoxy groups -OCH3 is 1. The van der Waals surface area contributed by atoms with Crippen LogP contribution in [0.4, 0.5) is 4.39 Å². The number of hydrogen-bond donors (Lipinski definition) is 1. The van der Waals surface area contributed by atoms with E-state index in [1.165, 1.54) is 12.1 Å². The van der Waals surface area contributed by atoms with Crippen molar-refractivity contribution < 1.29 is 13.9 Å². The maximum absolute atomic E-state index is 13.2. The topological polar surface area (TPSA) is 50.7 Å². The molecule has 1 aliphatic rings. The fraction of sp³-hybridized carbons (Fsp3) is 0.0588. The van der Waals surface area contributed by atoms with E-state index in [0.717, 1.165) is 5.56 Å². The van der Waals surface area contributed by atoms with E-state index in [1.54, 1.807) is 31.4 Å². The van der Waals surface area contributed by atoms with Crippen LogP contribution in [0.15, 0.2) is 59.2 Å². The summed E-state index contributed by atoms with van der Waals surface area (Å²) in [5, 5.41) is 2.70. The summed E-state index contributed by atoms with van der Waals surface area (Å²) in [6.45, 7) is 0. The van der Waals surface area contributed by atoms with Crippen molar-refractivity contribution in [2.45, 2.75) is 0 Å². The van der Waals surface area contributed by atoms with Gasteiger partial charge in [-0.15, -0.1) is 0 Å². The van der Waals surface area contributed by atoms with E-state index >= 15 is 0 Å². The first-order chi connectivity index (χ1) is 10.7. The first kappa shape index (κ1) is 14.0. The highest BCUT2D eigenvalue weighted by atomic mass is 19.1. The van der Waals surface area contributed by atoms with Gasteiger partial charge in [0.05, 0.1) is 7.11 Å². The van der Waals surface area contributed by atoms with Gasteiger partial charge in [-0.05, 0) is 35.9 Å². The van der Waals surface area contributed by atoms with Gasteiger partial charge in [-0.25, -0.2) is 9.38 Å². The molecule has 0 saturated heterocycles. The lowest BCUT2D eigenvalue weighted by Crippen LogP contribution is -2.24. The molecule has 0 aromatic heterocycles. The van der Waals surface area contributed by atoms with Gasteiger partial charge in [0.2, 0.25) is 0 Å². The standard InChI is InChI=1S/C17H13FN2O2/c1-22-14-7-3-5-12(10-14)16-19-15(17(21)20-16)9-11-4-2-6-13(18)8-11/h2-10H,1H3,(H,19,20,21)/b15-9+. The number of halogens is 1. The van der Waals surface area contributed by atoms with Crippen LogP contribution in [0.2, 0.25) is 0 Å². The number of aliphatic imine (C=N–C) groups is 1. The predicted octanol–water partition coefficient (Wildman–Crippen LogP) is 2.75. The predicted molar refractivity (Wildman–Crippen MR) is 82.1 cm³/mol. The molecule has 1 aliphatic heterocycles. The Bertz CT molecular complexity index is 797. The van der Waals surface area contributed by atoms with E-state index in [2.05, 4.69) is 10.3 Å². The smallest absolute Gasteiger partial charge is 0.275 e. The molecule has 22 heavy (non-hydrogen) atoms. The third-order valence-electron chi connectivity index (χ3n) is 3.19. The largest absolute Gasteiger partial charge is 0.497 e. The lowest BCUT2D eigenvalue weighted by atomic mass is 10.2. The average Bonchev–Trinajstić information content (AvgIpc) is 2.88. The Kier molecular flexibility index (Phi) is 3.70. The molecule has 3 rings (SSSR count). The maximum Gasteiger partial charge on any atom is 0.275 e. The van der Waals surface area contributed by atoms with Crippen molar-refractivity contribution in [2.75, 3.05) is 7.11 Å². The van der Waals surface area contributed by atoms with E-state index in [1.807, 2.05) is 18.2 Å². The fourth-order valence-corrected chi connectivity index (χ4v) is 2.13. The van der Waals surface area contributed by atoms with Crippen LogP contribution in [-0.2, 0) is 4.79 Å². The van der Waals surface area contributed by atoms with Crippen molar-refractivity contribution in [3.8, 4) is 5.75 Å². The number of ether oxygens (including phenoxy) is 1. The van der Waals surface area contributed by atoms with Crippen molar-refractivity contribution in [3.05, 3.63) is 71.2 Å². The summed E-state index contributed by atoms with van der Waals surface area (Å²) in [7, 11) is 1.57. The van der Waals surface area contributed by atoms with Crippen LogP contribution in [0.25, 0.3) is 6.08 Å². The van der Waals surface area contributed by atoms with Crippen molar-refractivity contribution in [2.24, 2.45) is 4.99 Å². The minimum Gasteiger partial charge on any atom is -0.497 e. The van der Waals surface area contributed by atoms with Crippen LogP contribution in [-0.4, -0.2) is 18.9 Å². The molecule has 4 nitrogen and oxygen atoms in total. The van der Waals surface area contributed by atoms with E-state index in [4.69, 9.17) is 4.74 Å². The number of benzene rings is 2. The molecular formula is C17H13FN2O2. The van der Waals surface area contributed by atoms with E-state index in [9.17, 15) is 9.18 Å². The summed E-state index contributed by atoms with van der Waals surface area (Å²) < 4.78 is 18.3. The number of amidine groups is 1. The number of hydrogen-bond acceptors (Lipinski definition) is 3. The van der Waals surface area contributed by atoms with Crippen molar-refractivity contribution in [1.82, 2.24) is 5.32 Å². The second-order valence-electron chi connectivity index (χ2n) is 4.73. The second kappa shape index (κ2) is 5.81. The molecule has 0 unspecified atom stereocenters. The minimum absolute atomic E-state index is 0.239. The fourth-order valence-electron chi connectivity index (χ4n) is 2.13. The van der Waals surface area contributed by atoms with Crippen molar-refractivity contribution >= 4 is 17.8 Å². The highest BCUT2D eigenvalue weighted by Gasteiger charge is 2.21. The molecule has 0 saturated carbocycles. The van der Waals surface area contributed by atoms with Crippen LogP contribution in [0.1, 0.15) is 11.1 Å². The normalized spacial score (nSPS) is 15.6. The van der Waals surface area contributed by atoms with Crippen molar-refractivity contribution in [1.29, 1.82) is 0 Å². The monoisotopic (exact) mass is 296 g/mol. The quantitative estimate of drug-likeness (QED) is 0.885. The zero-order chi connectivity index (χ0) is 15.5. The van der Waals surface area contributed by atoms with Crippen molar-refractivity contribution in [3.63, 3.8) is 0 Å². The third-order valence-corrected chi connectivity index (χ3v) is 3.19. The summed E-state index contributed by atoms with van der Waals surface area (Å²) in [5.74, 6) is 0.454. The number of nitrogens with zero attached hydrogens (tertiary/aromatic N) is 1. The van der Waals surface area contributed by atoms with Crippen LogP contribution in [0, 0.1) is 5.82 Å². The second-order valence-corrected chi connectivity index (χ2v) is 4.73. The van der Waals surface area contributed by atoms with Gasteiger partial charge in [0, 0.05) is 5.56 Å². The zero-order valence-corrected chi connectivity index (χ0v) is 11.8. The molecule has 0 spiro atoms. The molecule has 1 heterocycles. The summed E-state index contributed by atoms with van der Waals surface area (Å²) in [4.78, 5) is 16.3. The highest BCUT2D eigenvalue weighted by Crippen LogP contribution is 2.18. The number of rotatable bonds is 3. The van der Waals surface area contributed by atoms with Crippen LogP contribution in [0.5, 0.6) is 5.75 Å². The Labute approximate surface area is 127 Å². The Morgan fingerprint density at radius 3 is 2.77 bits per heavy atom. The van der Waals surface area contributed by atoms with Gasteiger partial charge in [-0.1, -0.05) is 24.3 Å². The van der Waals surface area contributed by atoms with Gasteiger partial charge in [-0.2, -0.15) is 0 Å². The lowest BCUT2D eigenvalue weighted by Gasteiger charge is -2.03. The first-order valence-electron chi connectivity index (χ1n) is 6.67. The number of amides is 1. The van der Waals surface area contributed by atoms with Gasteiger partial charge in [0.15, 0.2) is 0 Å². The molecule has 0 bridgehead atoms. The van der Waals surface area contributed by atoms with Gasteiger partial charge < -0.3 is 10.1 Å². The summed E-state index contributed by atoms with van der Waals surface area (Å²) in [6, 6.07) is 13.2. The molecular weight excluding hydrogens is 283 g/mol. The molecule has 0 fully saturated rings. The van der Waals surface area contributed by atoms with E-state index in [0.29, 0.717) is 17.1 Å². The Morgan fingerprint density at radius 2 is 2.00 bits per heavy atom. The highest BCUT2D eigenvalue weighted by molar-refractivity contribution is 6.19. The molecule has 0 atom stereocenters. The maximum atomic E-state index is 13.2. The summed E-state index contributed by atoms with van der Waals surface area (Å²) in [6.07, 6.45) is 1.55. The van der Waals surface area contributed by atoms with Gasteiger partial charge in [0.1, 0.15) is 23.1 Å². The molecule has 2 aromatic carbocycles. The number of carbonyl (C=O) groups is 1. The van der Waals surface area contributed by atoms with Crippen LogP contribution >= 0.6 is 0 Å². The number of nitrogens with one attached hydrogen (secondary N) is 1. The Hall–Kier alpha value is -2.95. The van der Waals surface area contributed by atoms with Crippen LogP contribution < -0.4 is 10.1 Å². The Morgan fingerprint density at radius 1 is 1.18 bits per heavy atom. The summed E-state index contributed by atoms with van der Waals surface area (Å²) in [5.41, 5.74) is 1.57. The third kappa shape index (κ3) is 2.88. The van der Waals surface area contributed by atoms with Gasteiger partial charge >= 0.3 is 0 Å². The summed E-state index contributed by atoms with van der Waals surface area (Å²) >= 11 is 0. The SMILES string of the molecule is COc1cccc(C2=N/C(=C/c3cccc(F)c3)C(=O)N2)c1. The van der Waals surface area contributed by atoms with E-state index < -0.39 is 0 Å². The molecule has 1 N–H and O–H groups in total. The zero-order valence-electron chi connectivity index (χ0n) is 11.8. The van der Waals surface area contributed by atoms with E-state index in [-0.39, 0.29) is 17.4 Å². The molecule has 2 aromatic rings. The molecule has 1 amide bonds. The molecule has 0 aliphatic carbocycles. The average molecular weight is 296 g/mol. The van der Waals surface area contributed by atoms with Crippen LogP contribution in [0.3, 0.4) is 0 Å². The molecule has 0 radical (unpaired) electrons. The van der Waals surface area contributed by atoms with Gasteiger partial charge in [0.25, 0.3) is 5.91 Å². The molecule has 110 valence electrons. The van der Waals surface area contributed by atoms with Gasteiger partial charge in [-0.3, -0.25) is 4.79 Å². The molecule has 5 heteroatoms.